The summed E-state index contributed by atoms with van der Waals surface area (Å²) in [5.41, 5.74) is 1.41. The molecule has 0 radical (unpaired) electrons. The number of sulfonamides is 1. The van der Waals surface area contributed by atoms with E-state index in [1.165, 1.54) is 11.0 Å². The Hall–Kier alpha value is -3.76. The summed E-state index contributed by atoms with van der Waals surface area (Å²) in [7, 11) is -3.88. The third kappa shape index (κ3) is 4.70. The predicted molar refractivity (Wildman–Crippen MR) is 137 cm³/mol. The van der Waals surface area contributed by atoms with E-state index in [1.54, 1.807) is 66.4 Å². The van der Waals surface area contributed by atoms with Crippen LogP contribution >= 0.6 is 0 Å². The summed E-state index contributed by atoms with van der Waals surface area (Å²) in [6.07, 6.45) is 0.574. The molecule has 2 heterocycles. The first kappa shape index (κ1) is 24.9. The molecule has 1 fully saturated rings. The minimum atomic E-state index is -3.88. The number of piperidine rings is 1. The molecule has 0 atom stereocenters. The molecule has 0 aliphatic carbocycles. The SMILES string of the molecule is CCOC(=O)N1CCC(NS(=O)(=O)c2ccc(CN3C(=O)c4ccccc4C3=O)c3ccccc23)CC1. The van der Waals surface area contributed by atoms with Crippen molar-refractivity contribution < 1.29 is 27.5 Å². The summed E-state index contributed by atoms with van der Waals surface area (Å²) < 4.78 is 34.6. The third-order valence-corrected chi connectivity index (χ3v) is 8.39. The van der Waals surface area contributed by atoms with Gasteiger partial charge in [-0.05, 0) is 48.9 Å². The van der Waals surface area contributed by atoms with Crippen LogP contribution in [0, 0.1) is 0 Å². The van der Waals surface area contributed by atoms with Gasteiger partial charge in [-0.1, -0.05) is 42.5 Å². The van der Waals surface area contributed by atoms with Gasteiger partial charge in [0.2, 0.25) is 10.0 Å². The lowest BCUT2D eigenvalue weighted by molar-refractivity contribution is 0.0642. The highest BCUT2D eigenvalue weighted by Crippen LogP contribution is 2.30. The summed E-state index contributed by atoms with van der Waals surface area (Å²) >= 11 is 0. The quantitative estimate of drug-likeness (QED) is 0.497. The minimum Gasteiger partial charge on any atom is -0.450 e. The number of amides is 3. The van der Waals surface area contributed by atoms with Crippen LogP contribution in [-0.4, -0.2) is 61.9 Å². The molecule has 5 rings (SSSR count). The number of hydrogen-bond acceptors (Lipinski definition) is 6. The number of fused-ring (bicyclic) bond motifs is 2. The number of rotatable bonds is 6. The first-order valence-corrected chi connectivity index (χ1v) is 13.7. The van der Waals surface area contributed by atoms with Gasteiger partial charge in [0, 0.05) is 24.5 Å². The van der Waals surface area contributed by atoms with Crippen molar-refractivity contribution in [3.63, 3.8) is 0 Å². The second-order valence-corrected chi connectivity index (χ2v) is 10.8. The summed E-state index contributed by atoms with van der Waals surface area (Å²) in [4.78, 5) is 40.6. The van der Waals surface area contributed by atoms with Crippen molar-refractivity contribution in [1.29, 1.82) is 0 Å². The Balaban J connectivity index is 1.37. The molecular formula is C27H27N3O6S. The van der Waals surface area contributed by atoms with Crippen molar-refractivity contribution in [3.05, 3.63) is 77.4 Å². The van der Waals surface area contributed by atoms with Gasteiger partial charge >= 0.3 is 6.09 Å². The maximum Gasteiger partial charge on any atom is 0.409 e. The highest BCUT2D eigenvalue weighted by atomic mass is 32.2. The number of likely N-dealkylation sites (tertiary alicyclic amines) is 1. The van der Waals surface area contributed by atoms with Gasteiger partial charge in [-0.2, -0.15) is 0 Å². The summed E-state index contributed by atoms with van der Waals surface area (Å²) in [6.45, 7) is 2.89. The van der Waals surface area contributed by atoms with Crippen molar-refractivity contribution in [2.45, 2.75) is 37.2 Å². The molecule has 0 bridgehead atoms. The normalized spacial score (nSPS) is 16.4. The molecule has 3 amide bonds. The fourth-order valence-electron chi connectivity index (χ4n) is 4.94. The van der Waals surface area contributed by atoms with E-state index in [-0.39, 0.29) is 35.4 Å². The Bertz CT molecular complexity index is 1460. The van der Waals surface area contributed by atoms with Crippen molar-refractivity contribution in [3.8, 4) is 0 Å². The molecule has 0 unspecified atom stereocenters. The van der Waals surface area contributed by atoms with E-state index >= 15 is 0 Å². The van der Waals surface area contributed by atoms with Gasteiger partial charge in [-0.25, -0.2) is 17.9 Å². The zero-order chi connectivity index (χ0) is 26.2. The molecule has 2 aliphatic rings. The zero-order valence-electron chi connectivity index (χ0n) is 20.3. The number of benzene rings is 3. The lowest BCUT2D eigenvalue weighted by Gasteiger charge is -2.31. The largest absolute Gasteiger partial charge is 0.450 e. The van der Waals surface area contributed by atoms with Crippen LogP contribution in [0.5, 0.6) is 0 Å². The van der Waals surface area contributed by atoms with E-state index in [2.05, 4.69) is 4.72 Å². The maximum atomic E-state index is 13.4. The standard InChI is InChI=1S/C27H27N3O6S/c1-2-36-27(33)29-15-13-19(14-16-29)28-37(34,35)24-12-11-18(20-7-3-4-8-21(20)24)17-30-25(31)22-9-5-6-10-23(22)26(30)32/h3-12,19,28H,2,13-17H2,1H3. The van der Waals surface area contributed by atoms with Crippen LogP contribution in [0.4, 0.5) is 4.79 Å². The smallest absolute Gasteiger partial charge is 0.409 e. The molecule has 0 aromatic heterocycles. The van der Waals surface area contributed by atoms with Crippen LogP contribution < -0.4 is 4.72 Å². The molecule has 0 saturated carbocycles. The van der Waals surface area contributed by atoms with Gasteiger partial charge < -0.3 is 9.64 Å². The topological polar surface area (TPSA) is 113 Å². The second-order valence-electron chi connectivity index (χ2n) is 9.09. The number of carbonyl (C=O) groups is 3. The van der Waals surface area contributed by atoms with Crippen LogP contribution in [0.25, 0.3) is 10.8 Å². The fraction of sp³-hybridized carbons (Fsp3) is 0.296. The number of hydrogen-bond donors (Lipinski definition) is 1. The monoisotopic (exact) mass is 521 g/mol. The van der Waals surface area contributed by atoms with Crippen LogP contribution in [-0.2, 0) is 21.3 Å². The summed E-state index contributed by atoms with van der Waals surface area (Å²) in [5.74, 6) is -0.727. The van der Waals surface area contributed by atoms with Crippen molar-refractivity contribution in [2.75, 3.05) is 19.7 Å². The lowest BCUT2D eigenvalue weighted by atomic mass is 10.0. The molecule has 2 aliphatic heterocycles. The first-order chi connectivity index (χ1) is 17.8. The number of nitrogens with one attached hydrogen (secondary N) is 1. The van der Waals surface area contributed by atoms with Gasteiger partial charge in [-0.15, -0.1) is 0 Å². The van der Waals surface area contributed by atoms with E-state index in [1.807, 2.05) is 0 Å². The Morgan fingerprint density at radius 1 is 0.919 bits per heavy atom. The third-order valence-electron chi connectivity index (χ3n) is 6.81. The number of carbonyl (C=O) groups excluding carboxylic acids is 3. The van der Waals surface area contributed by atoms with Crippen LogP contribution in [0.1, 0.15) is 46.0 Å². The van der Waals surface area contributed by atoms with E-state index in [0.717, 1.165) is 0 Å². The number of ether oxygens (including phenoxy) is 1. The van der Waals surface area contributed by atoms with E-state index in [0.29, 0.717) is 60.0 Å². The van der Waals surface area contributed by atoms with Crippen LogP contribution in [0.3, 0.4) is 0 Å². The lowest BCUT2D eigenvalue weighted by Crippen LogP contribution is -2.46. The Morgan fingerprint density at radius 3 is 2.14 bits per heavy atom. The molecule has 192 valence electrons. The molecule has 3 aromatic rings. The molecule has 0 spiro atoms. The van der Waals surface area contributed by atoms with E-state index in [4.69, 9.17) is 4.74 Å². The average molecular weight is 522 g/mol. The number of imide groups is 1. The number of nitrogens with zero attached hydrogens (tertiary/aromatic N) is 2. The molecule has 10 heteroatoms. The average Bonchev–Trinajstić information content (AvgIpc) is 3.14. The van der Waals surface area contributed by atoms with Crippen molar-refractivity contribution in [2.24, 2.45) is 0 Å². The maximum absolute atomic E-state index is 13.4. The second kappa shape index (κ2) is 9.95. The van der Waals surface area contributed by atoms with E-state index < -0.39 is 10.0 Å². The molecular weight excluding hydrogens is 494 g/mol. The fourth-order valence-corrected chi connectivity index (χ4v) is 6.45. The van der Waals surface area contributed by atoms with Gasteiger partial charge in [0.1, 0.15) is 0 Å². The summed E-state index contributed by atoms with van der Waals surface area (Å²) in [6, 6.07) is 16.6. The van der Waals surface area contributed by atoms with Gasteiger partial charge in [0.15, 0.2) is 0 Å². The highest BCUT2D eigenvalue weighted by Gasteiger charge is 2.35. The molecule has 1 saturated heterocycles. The minimum absolute atomic E-state index is 0.0347. The molecule has 3 aromatic carbocycles. The van der Waals surface area contributed by atoms with E-state index in [9.17, 15) is 22.8 Å². The van der Waals surface area contributed by atoms with Crippen molar-refractivity contribution in [1.82, 2.24) is 14.5 Å². The van der Waals surface area contributed by atoms with Crippen LogP contribution in [0.2, 0.25) is 0 Å². The Kier molecular flexibility index (Phi) is 6.70. The van der Waals surface area contributed by atoms with Gasteiger partial charge in [0.05, 0.1) is 29.2 Å². The van der Waals surface area contributed by atoms with Crippen LogP contribution in [0.15, 0.2) is 65.6 Å². The highest BCUT2D eigenvalue weighted by molar-refractivity contribution is 7.89. The molecule has 37 heavy (non-hydrogen) atoms. The Morgan fingerprint density at radius 2 is 1.51 bits per heavy atom. The first-order valence-electron chi connectivity index (χ1n) is 12.2. The van der Waals surface area contributed by atoms with Crippen molar-refractivity contribution >= 4 is 38.7 Å². The molecule has 9 nitrogen and oxygen atoms in total. The molecule has 1 N–H and O–H groups in total. The van der Waals surface area contributed by atoms with Gasteiger partial charge in [-0.3, -0.25) is 14.5 Å². The zero-order valence-corrected chi connectivity index (χ0v) is 21.2. The van der Waals surface area contributed by atoms with Gasteiger partial charge in [0.25, 0.3) is 11.8 Å². The summed E-state index contributed by atoms with van der Waals surface area (Å²) in [5, 5.41) is 1.16. The Labute approximate surface area is 215 Å². The predicted octanol–water partition coefficient (Wildman–Crippen LogP) is 3.54.